The highest BCUT2D eigenvalue weighted by Crippen LogP contribution is 2.19. The van der Waals surface area contributed by atoms with Crippen molar-refractivity contribution in [2.75, 3.05) is 0 Å². The van der Waals surface area contributed by atoms with Gasteiger partial charge in [-0.2, -0.15) is 0 Å². The molecule has 0 radical (unpaired) electrons. The summed E-state index contributed by atoms with van der Waals surface area (Å²) in [5.74, 6) is -0.941. The average Bonchev–Trinajstić information content (AvgIpc) is 2.71. The summed E-state index contributed by atoms with van der Waals surface area (Å²) in [7, 11) is 0. The fourth-order valence-electron chi connectivity index (χ4n) is 1.18. The third-order valence-corrected chi connectivity index (χ3v) is 1.88. The van der Waals surface area contributed by atoms with E-state index in [1.165, 1.54) is 6.26 Å². The first-order valence-electron chi connectivity index (χ1n) is 4.00. The number of benzene rings is 1. The number of nitrogens with zero attached hydrogens (tertiary/aromatic N) is 1. The van der Waals surface area contributed by atoms with Crippen molar-refractivity contribution in [3.63, 3.8) is 0 Å². The highest BCUT2D eigenvalue weighted by Gasteiger charge is 2.05. The number of carbonyl (C=O) groups is 1. The molecule has 0 bridgehead atoms. The minimum Gasteiger partial charge on any atom is -0.478 e. The molecule has 2 aromatic rings. The molecule has 1 N–H and O–H groups in total. The highest BCUT2D eigenvalue weighted by atomic mass is 16.5. The first-order valence-corrected chi connectivity index (χ1v) is 4.00. The van der Waals surface area contributed by atoms with Gasteiger partial charge in [0.2, 0.25) is 0 Å². The molecule has 4 nitrogen and oxygen atoms in total. The summed E-state index contributed by atoms with van der Waals surface area (Å²) in [5.41, 5.74) is 1.81. The van der Waals surface area contributed by atoms with Gasteiger partial charge >= 0.3 is 5.97 Å². The van der Waals surface area contributed by atoms with Crippen LogP contribution in [0.3, 0.4) is 0 Å². The lowest BCUT2D eigenvalue weighted by Crippen LogP contribution is -1.95. The van der Waals surface area contributed by atoms with E-state index < -0.39 is 5.97 Å². The molecular weight excluding hydrogens is 182 g/mol. The summed E-state index contributed by atoms with van der Waals surface area (Å²) in [5, 5.41) is 12.3. The first kappa shape index (κ1) is 8.50. The minimum atomic E-state index is -0.941. The van der Waals surface area contributed by atoms with Gasteiger partial charge in [-0.15, -0.1) is 0 Å². The molecule has 1 aromatic carbocycles. The molecule has 2 rings (SSSR count). The zero-order valence-corrected chi connectivity index (χ0v) is 7.18. The maximum atomic E-state index is 10.7. The predicted octanol–water partition coefficient (Wildman–Crippen LogP) is 2.04. The van der Waals surface area contributed by atoms with E-state index in [2.05, 4.69) is 9.68 Å². The first-order chi connectivity index (χ1) is 6.77. The highest BCUT2D eigenvalue weighted by molar-refractivity contribution is 5.89. The van der Waals surface area contributed by atoms with Gasteiger partial charge in [-0.3, -0.25) is 0 Å². The summed E-state index contributed by atoms with van der Waals surface area (Å²) in [6, 6.07) is 6.61. The number of hydrogen-bond donors (Lipinski definition) is 1. The molecule has 0 unspecified atom stereocenters. The van der Waals surface area contributed by atoms with Gasteiger partial charge in [-0.25, -0.2) is 4.79 Å². The molecule has 0 fully saturated rings. The van der Waals surface area contributed by atoms with Crippen molar-refractivity contribution in [2.45, 2.75) is 0 Å². The topological polar surface area (TPSA) is 63.3 Å². The molecule has 1 heterocycles. The summed E-state index contributed by atoms with van der Waals surface area (Å²) in [6.45, 7) is 0. The summed E-state index contributed by atoms with van der Waals surface area (Å²) in [6.07, 6.45) is 3.02. The molecule has 0 atom stereocenters. The summed E-state index contributed by atoms with van der Waals surface area (Å²) >= 11 is 0. The predicted molar refractivity (Wildman–Crippen MR) is 48.9 cm³/mol. The maximum absolute atomic E-state index is 10.7. The fraction of sp³-hybridized carbons (Fsp3) is 0. The van der Waals surface area contributed by atoms with Crippen molar-refractivity contribution >= 4 is 5.97 Å². The Bertz CT molecular complexity index is 448. The van der Waals surface area contributed by atoms with Crippen LogP contribution in [0.1, 0.15) is 10.4 Å². The van der Waals surface area contributed by atoms with Crippen LogP contribution in [-0.2, 0) is 0 Å². The van der Waals surface area contributed by atoms with E-state index in [4.69, 9.17) is 5.11 Å². The van der Waals surface area contributed by atoms with Crippen LogP contribution in [0.15, 0.2) is 41.2 Å². The van der Waals surface area contributed by atoms with Gasteiger partial charge in [0.15, 0.2) is 0 Å². The number of rotatable bonds is 2. The molecular formula is C10H7NO3. The van der Waals surface area contributed by atoms with Crippen LogP contribution >= 0.6 is 0 Å². The van der Waals surface area contributed by atoms with E-state index in [1.54, 1.807) is 30.5 Å². The number of carboxylic acid groups (broad SMARTS) is 1. The van der Waals surface area contributed by atoms with E-state index in [0.717, 1.165) is 11.1 Å². The molecule has 70 valence electrons. The van der Waals surface area contributed by atoms with Gasteiger partial charge in [-0.05, 0) is 17.7 Å². The minimum absolute atomic E-state index is 0.253. The van der Waals surface area contributed by atoms with E-state index in [9.17, 15) is 4.79 Å². The molecule has 0 aliphatic carbocycles. The Hall–Kier alpha value is -2.10. The Morgan fingerprint density at radius 3 is 2.86 bits per heavy atom. The van der Waals surface area contributed by atoms with Crippen molar-refractivity contribution in [2.24, 2.45) is 0 Å². The van der Waals surface area contributed by atoms with Crippen LogP contribution in [0.4, 0.5) is 0 Å². The van der Waals surface area contributed by atoms with Crippen molar-refractivity contribution in [1.82, 2.24) is 5.16 Å². The third kappa shape index (κ3) is 1.50. The van der Waals surface area contributed by atoms with Crippen molar-refractivity contribution < 1.29 is 14.4 Å². The van der Waals surface area contributed by atoms with Crippen LogP contribution in [0.2, 0.25) is 0 Å². The molecule has 0 saturated heterocycles. The average molecular weight is 189 g/mol. The normalized spacial score (nSPS) is 10.0. The second kappa shape index (κ2) is 3.33. The lowest BCUT2D eigenvalue weighted by molar-refractivity contribution is 0.0697. The van der Waals surface area contributed by atoms with Gasteiger partial charge < -0.3 is 9.63 Å². The monoisotopic (exact) mass is 189 g/mol. The summed E-state index contributed by atoms with van der Waals surface area (Å²) in [4.78, 5) is 10.7. The van der Waals surface area contributed by atoms with Crippen molar-refractivity contribution in [1.29, 1.82) is 0 Å². The standard InChI is InChI=1S/C10H7NO3/c12-10(13)8-3-1-2-7(4-8)9-5-11-14-6-9/h1-6H,(H,12,13). The lowest BCUT2D eigenvalue weighted by Gasteiger charge is -1.97. The molecule has 14 heavy (non-hydrogen) atoms. The van der Waals surface area contributed by atoms with Gasteiger partial charge in [0, 0.05) is 5.56 Å². The molecule has 0 aliphatic heterocycles. The molecule has 1 aromatic heterocycles. The van der Waals surface area contributed by atoms with Crippen molar-refractivity contribution in [3.05, 3.63) is 42.3 Å². The fourth-order valence-corrected chi connectivity index (χ4v) is 1.18. The Kier molecular flexibility index (Phi) is 2.02. The van der Waals surface area contributed by atoms with E-state index in [-0.39, 0.29) is 5.56 Å². The van der Waals surface area contributed by atoms with Gasteiger partial charge in [-0.1, -0.05) is 17.3 Å². The Balaban J connectivity index is 2.46. The lowest BCUT2D eigenvalue weighted by atomic mass is 10.1. The molecule has 0 aliphatic rings. The number of hydrogen-bond acceptors (Lipinski definition) is 3. The van der Waals surface area contributed by atoms with Crippen LogP contribution in [0, 0.1) is 0 Å². The largest absolute Gasteiger partial charge is 0.478 e. The van der Waals surface area contributed by atoms with Crippen LogP contribution < -0.4 is 0 Å². The smallest absolute Gasteiger partial charge is 0.335 e. The number of aromatic nitrogens is 1. The van der Waals surface area contributed by atoms with Crippen LogP contribution in [-0.4, -0.2) is 16.2 Å². The maximum Gasteiger partial charge on any atom is 0.335 e. The third-order valence-electron chi connectivity index (χ3n) is 1.88. The van der Waals surface area contributed by atoms with Crippen LogP contribution in [0.5, 0.6) is 0 Å². The van der Waals surface area contributed by atoms with Gasteiger partial charge in [0.05, 0.1) is 11.8 Å². The summed E-state index contributed by atoms with van der Waals surface area (Å²) < 4.78 is 4.67. The van der Waals surface area contributed by atoms with E-state index >= 15 is 0 Å². The Morgan fingerprint density at radius 1 is 1.36 bits per heavy atom. The van der Waals surface area contributed by atoms with Crippen LogP contribution in [0.25, 0.3) is 11.1 Å². The second-order valence-corrected chi connectivity index (χ2v) is 2.80. The van der Waals surface area contributed by atoms with E-state index in [1.807, 2.05) is 0 Å². The zero-order valence-electron chi connectivity index (χ0n) is 7.18. The molecule has 0 spiro atoms. The zero-order chi connectivity index (χ0) is 9.97. The molecule has 0 amide bonds. The van der Waals surface area contributed by atoms with Crippen molar-refractivity contribution in [3.8, 4) is 11.1 Å². The molecule has 0 saturated carbocycles. The molecule has 4 heteroatoms. The second-order valence-electron chi connectivity index (χ2n) is 2.80. The Morgan fingerprint density at radius 2 is 2.21 bits per heavy atom. The van der Waals surface area contributed by atoms with Gasteiger partial charge in [0.25, 0.3) is 0 Å². The van der Waals surface area contributed by atoms with Gasteiger partial charge in [0.1, 0.15) is 6.26 Å². The van der Waals surface area contributed by atoms with E-state index in [0.29, 0.717) is 0 Å². The SMILES string of the molecule is O=C(O)c1cccc(-c2cnoc2)c1. The number of carboxylic acids is 1. The Labute approximate surface area is 79.8 Å². The number of aromatic carboxylic acids is 1. The quantitative estimate of drug-likeness (QED) is 0.785.